The Hall–Kier alpha value is -3.87. The maximum Gasteiger partial charge on any atom is 0.410 e. The predicted octanol–water partition coefficient (Wildman–Crippen LogP) is 3.68. The zero-order valence-electron chi connectivity index (χ0n) is 19.6. The smallest absolute Gasteiger partial charge is 0.410 e. The number of ether oxygens (including phenoxy) is 1. The van der Waals surface area contributed by atoms with Gasteiger partial charge in [0.2, 0.25) is 11.8 Å². The van der Waals surface area contributed by atoms with Crippen LogP contribution in [-0.4, -0.2) is 59.9 Å². The van der Waals surface area contributed by atoms with Gasteiger partial charge in [0.1, 0.15) is 6.10 Å². The number of benzene rings is 3. The standard InChI is InChI=1S/C28H29N3O4/c32-26(17-20-10-11-21-6-4-5-9-23(21)16-20)29-18-27(33)30-14-12-24(13-15-30)31-19-25(35-28(31)34)22-7-2-1-3-8-22/h1-11,16,24-25H,12-15,17-19H2,(H,29,32). The normalized spacial score (nSPS) is 18.5. The first kappa shape index (κ1) is 22.9. The van der Waals surface area contributed by atoms with Gasteiger partial charge in [0.05, 0.1) is 19.5 Å². The molecule has 2 saturated heterocycles. The van der Waals surface area contributed by atoms with E-state index in [1.54, 1.807) is 9.80 Å². The number of rotatable bonds is 6. The van der Waals surface area contributed by atoms with Crippen molar-refractivity contribution in [2.24, 2.45) is 0 Å². The Morgan fingerprint density at radius 3 is 2.40 bits per heavy atom. The van der Waals surface area contributed by atoms with Crippen molar-refractivity contribution < 1.29 is 19.1 Å². The van der Waals surface area contributed by atoms with Crippen LogP contribution in [-0.2, 0) is 20.7 Å². The number of fused-ring (bicyclic) bond motifs is 1. The minimum absolute atomic E-state index is 0.0150. The molecule has 2 heterocycles. The summed E-state index contributed by atoms with van der Waals surface area (Å²) >= 11 is 0. The molecule has 5 rings (SSSR count). The van der Waals surface area contributed by atoms with Gasteiger partial charge in [-0.25, -0.2) is 4.79 Å². The van der Waals surface area contributed by atoms with Crippen molar-refractivity contribution in [1.82, 2.24) is 15.1 Å². The summed E-state index contributed by atoms with van der Waals surface area (Å²) in [5, 5.41) is 4.98. The number of hydrogen-bond acceptors (Lipinski definition) is 4. The van der Waals surface area contributed by atoms with Gasteiger partial charge in [-0.05, 0) is 34.7 Å². The summed E-state index contributed by atoms with van der Waals surface area (Å²) in [4.78, 5) is 41.1. The number of hydrogen-bond donors (Lipinski definition) is 1. The molecule has 0 saturated carbocycles. The van der Waals surface area contributed by atoms with E-state index in [1.165, 1.54) is 0 Å². The maximum absolute atomic E-state index is 12.7. The van der Waals surface area contributed by atoms with E-state index in [1.807, 2.05) is 72.8 Å². The quantitative estimate of drug-likeness (QED) is 0.595. The van der Waals surface area contributed by atoms with E-state index >= 15 is 0 Å². The number of piperidine rings is 1. The van der Waals surface area contributed by atoms with Crippen molar-refractivity contribution in [3.63, 3.8) is 0 Å². The summed E-state index contributed by atoms with van der Waals surface area (Å²) in [6.45, 7) is 1.64. The van der Waals surface area contributed by atoms with Crippen molar-refractivity contribution in [2.45, 2.75) is 31.4 Å². The Labute approximate surface area is 204 Å². The molecule has 3 aromatic rings. The third kappa shape index (κ3) is 5.29. The largest absolute Gasteiger partial charge is 0.439 e. The number of cyclic esters (lactones) is 1. The first-order valence-corrected chi connectivity index (χ1v) is 12.1. The van der Waals surface area contributed by atoms with Crippen LogP contribution in [0.15, 0.2) is 72.8 Å². The Morgan fingerprint density at radius 2 is 1.63 bits per heavy atom. The molecule has 35 heavy (non-hydrogen) atoms. The van der Waals surface area contributed by atoms with E-state index in [9.17, 15) is 14.4 Å². The molecule has 2 aliphatic heterocycles. The lowest BCUT2D eigenvalue weighted by molar-refractivity contribution is -0.133. The van der Waals surface area contributed by atoms with E-state index in [0.29, 0.717) is 32.5 Å². The van der Waals surface area contributed by atoms with Gasteiger partial charge in [0.25, 0.3) is 0 Å². The van der Waals surface area contributed by atoms with Gasteiger partial charge in [-0.3, -0.25) is 9.59 Å². The zero-order valence-corrected chi connectivity index (χ0v) is 19.6. The summed E-state index contributed by atoms with van der Waals surface area (Å²) in [6, 6.07) is 23.8. The van der Waals surface area contributed by atoms with Crippen LogP contribution >= 0.6 is 0 Å². The molecule has 1 unspecified atom stereocenters. The Kier molecular flexibility index (Phi) is 6.66. The second-order valence-corrected chi connectivity index (χ2v) is 9.18. The van der Waals surface area contributed by atoms with Crippen molar-refractivity contribution in [3.8, 4) is 0 Å². The minimum Gasteiger partial charge on any atom is -0.439 e. The summed E-state index contributed by atoms with van der Waals surface area (Å²) < 4.78 is 5.58. The SMILES string of the molecule is O=C(Cc1ccc2ccccc2c1)NCC(=O)N1CCC(N2CC(c3ccccc3)OC2=O)CC1. The molecule has 2 aliphatic rings. The van der Waals surface area contributed by atoms with Crippen LogP contribution in [0.1, 0.15) is 30.1 Å². The van der Waals surface area contributed by atoms with Gasteiger partial charge in [-0.2, -0.15) is 0 Å². The number of nitrogens with one attached hydrogen (secondary N) is 1. The average molecular weight is 472 g/mol. The van der Waals surface area contributed by atoms with E-state index < -0.39 is 0 Å². The van der Waals surface area contributed by atoms with E-state index in [4.69, 9.17) is 4.74 Å². The topological polar surface area (TPSA) is 79.0 Å². The van der Waals surface area contributed by atoms with Crippen molar-refractivity contribution in [1.29, 1.82) is 0 Å². The van der Waals surface area contributed by atoms with Crippen LogP contribution in [0.25, 0.3) is 10.8 Å². The maximum atomic E-state index is 12.7. The van der Waals surface area contributed by atoms with Crippen molar-refractivity contribution in [3.05, 3.63) is 83.9 Å². The van der Waals surface area contributed by atoms with Gasteiger partial charge in [0.15, 0.2) is 0 Å². The summed E-state index contributed by atoms with van der Waals surface area (Å²) in [7, 11) is 0. The van der Waals surface area contributed by atoms with Crippen LogP contribution < -0.4 is 5.32 Å². The van der Waals surface area contributed by atoms with Crippen molar-refractivity contribution in [2.75, 3.05) is 26.2 Å². The molecular formula is C28H29N3O4. The lowest BCUT2D eigenvalue weighted by Crippen LogP contribution is -2.49. The molecule has 3 aromatic carbocycles. The summed E-state index contributed by atoms with van der Waals surface area (Å²) in [5.74, 6) is -0.267. The highest BCUT2D eigenvalue weighted by Gasteiger charge is 2.38. The fourth-order valence-corrected chi connectivity index (χ4v) is 4.93. The monoisotopic (exact) mass is 471 g/mol. The lowest BCUT2D eigenvalue weighted by Gasteiger charge is -2.35. The van der Waals surface area contributed by atoms with E-state index in [2.05, 4.69) is 5.32 Å². The van der Waals surface area contributed by atoms with Crippen LogP contribution in [0.3, 0.4) is 0 Å². The minimum atomic E-state index is -0.287. The van der Waals surface area contributed by atoms with Crippen LogP contribution in [0.5, 0.6) is 0 Å². The number of likely N-dealkylation sites (tertiary alicyclic amines) is 1. The van der Waals surface area contributed by atoms with Gasteiger partial charge in [-0.15, -0.1) is 0 Å². The lowest BCUT2D eigenvalue weighted by atomic mass is 10.0. The average Bonchev–Trinajstić information content (AvgIpc) is 3.29. The molecule has 180 valence electrons. The van der Waals surface area contributed by atoms with Crippen molar-refractivity contribution >= 4 is 28.7 Å². The number of carbonyl (C=O) groups is 3. The molecule has 1 N–H and O–H groups in total. The third-order valence-electron chi connectivity index (χ3n) is 6.88. The van der Waals surface area contributed by atoms with Crippen LogP contribution in [0, 0.1) is 0 Å². The molecule has 0 bridgehead atoms. The number of nitrogens with zero attached hydrogens (tertiary/aromatic N) is 2. The first-order chi connectivity index (χ1) is 17.1. The molecule has 7 heteroatoms. The van der Waals surface area contributed by atoms with Gasteiger partial charge >= 0.3 is 6.09 Å². The summed E-state index contributed by atoms with van der Waals surface area (Å²) in [6.07, 6.45) is 1.10. The third-order valence-corrected chi connectivity index (χ3v) is 6.88. The highest BCUT2D eigenvalue weighted by molar-refractivity contribution is 5.88. The first-order valence-electron chi connectivity index (χ1n) is 12.1. The molecule has 0 aromatic heterocycles. The molecular weight excluding hydrogens is 442 g/mol. The molecule has 7 nitrogen and oxygen atoms in total. The zero-order chi connectivity index (χ0) is 24.2. The van der Waals surface area contributed by atoms with Gasteiger partial charge in [0, 0.05) is 19.1 Å². The number of amides is 3. The Bertz CT molecular complexity index is 1220. The molecule has 3 amide bonds. The fraction of sp³-hybridized carbons (Fsp3) is 0.321. The number of carbonyl (C=O) groups excluding carboxylic acids is 3. The molecule has 2 fully saturated rings. The Morgan fingerprint density at radius 1 is 0.914 bits per heavy atom. The highest BCUT2D eigenvalue weighted by atomic mass is 16.6. The predicted molar refractivity (Wildman–Crippen MR) is 133 cm³/mol. The molecule has 0 aliphatic carbocycles. The van der Waals surface area contributed by atoms with Gasteiger partial charge < -0.3 is 19.9 Å². The molecule has 0 radical (unpaired) electrons. The fourth-order valence-electron chi connectivity index (χ4n) is 4.93. The molecule has 1 atom stereocenters. The molecule has 0 spiro atoms. The highest BCUT2D eigenvalue weighted by Crippen LogP contribution is 2.30. The Balaban J connectivity index is 1.07. The van der Waals surface area contributed by atoms with Crippen LogP contribution in [0.4, 0.5) is 4.79 Å². The van der Waals surface area contributed by atoms with Crippen LogP contribution in [0.2, 0.25) is 0 Å². The van der Waals surface area contributed by atoms with E-state index in [0.717, 1.165) is 21.9 Å². The second-order valence-electron chi connectivity index (χ2n) is 9.18. The van der Waals surface area contributed by atoms with E-state index in [-0.39, 0.29) is 43.0 Å². The second kappa shape index (κ2) is 10.2. The summed E-state index contributed by atoms with van der Waals surface area (Å²) in [5.41, 5.74) is 1.91. The van der Waals surface area contributed by atoms with Gasteiger partial charge in [-0.1, -0.05) is 72.8 Å².